The van der Waals surface area contributed by atoms with Gasteiger partial charge in [0, 0.05) is 28.9 Å². The van der Waals surface area contributed by atoms with E-state index >= 15 is 0 Å². The molecule has 0 unspecified atom stereocenters. The molecule has 1 aromatic carbocycles. The molecular formula is C21H24N4O3S3. The van der Waals surface area contributed by atoms with E-state index in [0.29, 0.717) is 10.7 Å². The Balaban J connectivity index is 1.34. The molecule has 2 aromatic heterocycles. The molecule has 0 radical (unpaired) electrons. The summed E-state index contributed by atoms with van der Waals surface area (Å²) in [4.78, 5) is 20.5. The van der Waals surface area contributed by atoms with Gasteiger partial charge in [-0.3, -0.25) is 15.0 Å². The molecule has 1 aliphatic rings. The number of thiophene rings is 1. The number of benzene rings is 1. The average Bonchev–Trinajstić information content (AvgIpc) is 3.45. The molecule has 3 aromatic rings. The highest BCUT2D eigenvalue weighted by molar-refractivity contribution is 7.89. The lowest BCUT2D eigenvalue weighted by atomic mass is 10.1. The number of piperidine rings is 1. The second-order valence-electron chi connectivity index (χ2n) is 7.36. The van der Waals surface area contributed by atoms with Gasteiger partial charge in [-0.15, -0.1) is 22.7 Å². The number of hydrogen-bond donors (Lipinski definition) is 2. The molecule has 0 saturated carbocycles. The van der Waals surface area contributed by atoms with Gasteiger partial charge < -0.3 is 0 Å². The van der Waals surface area contributed by atoms with Gasteiger partial charge in [0.15, 0.2) is 5.13 Å². The van der Waals surface area contributed by atoms with Crippen molar-refractivity contribution in [3.05, 3.63) is 63.3 Å². The number of sulfonamides is 1. The Morgan fingerprint density at radius 3 is 2.55 bits per heavy atom. The van der Waals surface area contributed by atoms with Crippen LogP contribution in [0.25, 0.3) is 0 Å². The monoisotopic (exact) mass is 476 g/mol. The lowest BCUT2D eigenvalue weighted by Gasteiger charge is -2.25. The smallest absolute Gasteiger partial charge is 0.257 e. The molecule has 0 aliphatic carbocycles. The van der Waals surface area contributed by atoms with Gasteiger partial charge in [0.25, 0.3) is 5.91 Å². The number of nitrogens with one attached hydrogen (secondary N) is 2. The Labute approximate surface area is 190 Å². The predicted molar refractivity (Wildman–Crippen MR) is 124 cm³/mol. The summed E-state index contributed by atoms with van der Waals surface area (Å²) < 4.78 is 27.5. The summed E-state index contributed by atoms with van der Waals surface area (Å²) >= 11 is 2.89. The van der Waals surface area contributed by atoms with Crippen molar-refractivity contribution < 1.29 is 13.2 Å². The van der Waals surface area contributed by atoms with Crippen LogP contribution in [0.15, 0.2) is 52.1 Å². The first kappa shape index (κ1) is 22.1. The fourth-order valence-corrected chi connectivity index (χ4v) is 5.84. The second-order valence-corrected chi connectivity index (χ2v) is 11.0. The molecule has 10 heteroatoms. The molecule has 0 atom stereocenters. The summed E-state index contributed by atoms with van der Waals surface area (Å²) in [5.74, 6) is -0.311. The largest absolute Gasteiger partial charge is 0.298 e. The van der Waals surface area contributed by atoms with Crippen LogP contribution in [-0.4, -0.2) is 37.3 Å². The van der Waals surface area contributed by atoms with Gasteiger partial charge in [-0.1, -0.05) is 12.5 Å². The number of hydrogen-bond acceptors (Lipinski definition) is 7. The van der Waals surface area contributed by atoms with Gasteiger partial charge in [-0.05, 0) is 61.6 Å². The maximum atomic E-state index is 12.5. The molecule has 4 rings (SSSR count). The van der Waals surface area contributed by atoms with Gasteiger partial charge in [0.2, 0.25) is 10.0 Å². The molecule has 1 saturated heterocycles. The zero-order valence-electron chi connectivity index (χ0n) is 16.9. The molecule has 0 spiro atoms. The van der Waals surface area contributed by atoms with E-state index in [1.807, 2.05) is 22.9 Å². The van der Waals surface area contributed by atoms with E-state index in [2.05, 4.69) is 19.9 Å². The van der Waals surface area contributed by atoms with Crippen molar-refractivity contribution in [2.45, 2.75) is 37.2 Å². The number of carbonyl (C=O) groups is 1. The summed E-state index contributed by atoms with van der Waals surface area (Å²) in [6.45, 7) is 3.23. The van der Waals surface area contributed by atoms with E-state index < -0.39 is 10.0 Å². The topological polar surface area (TPSA) is 91.4 Å². The second kappa shape index (κ2) is 10.0. The van der Waals surface area contributed by atoms with Crippen LogP contribution < -0.4 is 10.0 Å². The number of anilines is 1. The third-order valence-corrected chi connectivity index (χ3v) is 8.15. The maximum Gasteiger partial charge on any atom is 0.257 e. The van der Waals surface area contributed by atoms with Gasteiger partial charge in [-0.25, -0.2) is 18.1 Å². The first-order valence-electron chi connectivity index (χ1n) is 10.1. The Morgan fingerprint density at radius 2 is 1.84 bits per heavy atom. The van der Waals surface area contributed by atoms with Crippen LogP contribution in [0.4, 0.5) is 5.13 Å². The third-order valence-electron chi connectivity index (χ3n) is 5.05. The Hall–Kier alpha value is -2.11. The van der Waals surface area contributed by atoms with E-state index in [1.165, 1.54) is 66.2 Å². The van der Waals surface area contributed by atoms with Crippen molar-refractivity contribution in [3.63, 3.8) is 0 Å². The van der Waals surface area contributed by atoms with Crippen LogP contribution in [0.2, 0.25) is 0 Å². The number of likely N-dealkylation sites (tertiary alicyclic amines) is 1. The molecule has 164 valence electrons. The van der Waals surface area contributed by atoms with Crippen LogP contribution in [-0.2, 0) is 23.1 Å². The molecule has 2 N–H and O–H groups in total. The minimum absolute atomic E-state index is 0.124. The van der Waals surface area contributed by atoms with Crippen molar-refractivity contribution in [1.29, 1.82) is 0 Å². The van der Waals surface area contributed by atoms with Gasteiger partial charge in [-0.2, -0.15) is 0 Å². The molecule has 1 aliphatic heterocycles. The standard InChI is InChI=1S/C21H24N4O3S3/c26-20(24-21-23-17(15-30-21)14-25-10-2-1-3-11-25)16-6-8-19(9-7-16)31(27,28)22-13-18-5-4-12-29-18/h4-9,12,15,22H,1-3,10-11,13-14H2,(H,23,24,26). The van der Waals surface area contributed by atoms with Crippen molar-refractivity contribution in [1.82, 2.24) is 14.6 Å². The minimum Gasteiger partial charge on any atom is -0.298 e. The number of thiazole rings is 1. The fourth-order valence-electron chi connectivity index (χ4n) is 3.40. The van der Waals surface area contributed by atoms with E-state index in [9.17, 15) is 13.2 Å². The van der Waals surface area contributed by atoms with Crippen molar-refractivity contribution >= 4 is 43.7 Å². The number of carbonyl (C=O) groups excluding carboxylic acids is 1. The van der Waals surface area contributed by atoms with Crippen molar-refractivity contribution in [3.8, 4) is 0 Å². The summed E-state index contributed by atoms with van der Waals surface area (Å²) in [6, 6.07) is 9.65. The number of rotatable bonds is 8. The molecule has 31 heavy (non-hydrogen) atoms. The highest BCUT2D eigenvalue weighted by Gasteiger charge is 2.16. The van der Waals surface area contributed by atoms with Crippen LogP contribution >= 0.6 is 22.7 Å². The summed E-state index contributed by atoms with van der Waals surface area (Å²) in [5, 5.41) is 7.22. The maximum absolute atomic E-state index is 12.5. The summed E-state index contributed by atoms with van der Waals surface area (Å²) in [7, 11) is -3.64. The van der Waals surface area contributed by atoms with Gasteiger partial charge in [0.1, 0.15) is 0 Å². The van der Waals surface area contributed by atoms with Crippen molar-refractivity contribution in [2.75, 3.05) is 18.4 Å². The Bertz CT molecular complexity index is 1100. The molecule has 0 bridgehead atoms. The van der Waals surface area contributed by atoms with E-state index in [4.69, 9.17) is 0 Å². The molecule has 3 heterocycles. The lowest BCUT2D eigenvalue weighted by Crippen LogP contribution is -2.29. The normalized spacial score (nSPS) is 15.1. The predicted octanol–water partition coefficient (Wildman–Crippen LogP) is 3.92. The quantitative estimate of drug-likeness (QED) is 0.514. The lowest BCUT2D eigenvalue weighted by molar-refractivity contribution is 0.102. The van der Waals surface area contributed by atoms with Crippen molar-refractivity contribution in [2.24, 2.45) is 0 Å². The summed E-state index contributed by atoms with van der Waals surface area (Å²) in [5.41, 5.74) is 1.34. The number of nitrogens with zero attached hydrogens (tertiary/aromatic N) is 2. The highest BCUT2D eigenvalue weighted by atomic mass is 32.2. The summed E-state index contributed by atoms with van der Waals surface area (Å²) in [6.07, 6.45) is 3.74. The minimum atomic E-state index is -3.64. The number of aromatic nitrogens is 1. The van der Waals surface area contributed by atoms with Crippen LogP contribution in [0.5, 0.6) is 0 Å². The zero-order valence-corrected chi connectivity index (χ0v) is 19.4. The van der Waals surface area contributed by atoms with Crippen LogP contribution in [0, 0.1) is 0 Å². The van der Waals surface area contributed by atoms with Gasteiger partial charge in [0.05, 0.1) is 10.6 Å². The van der Waals surface area contributed by atoms with Gasteiger partial charge >= 0.3 is 0 Å². The third kappa shape index (κ3) is 5.98. The average molecular weight is 477 g/mol. The Morgan fingerprint density at radius 1 is 1.06 bits per heavy atom. The highest BCUT2D eigenvalue weighted by Crippen LogP contribution is 2.20. The van der Waals surface area contributed by atoms with Crippen LogP contribution in [0.3, 0.4) is 0 Å². The molecule has 1 fully saturated rings. The SMILES string of the molecule is O=C(Nc1nc(CN2CCCCC2)cs1)c1ccc(S(=O)(=O)NCc2cccs2)cc1. The Kier molecular flexibility index (Phi) is 7.13. The molecule has 1 amide bonds. The van der Waals surface area contributed by atoms with E-state index in [1.54, 1.807) is 0 Å². The number of amides is 1. The molecular weight excluding hydrogens is 452 g/mol. The first-order chi connectivity index (χ1) is 15.0. The fraction of sp³-hybridized carbons (Fsp3) is 0.333. The first-order valence-corrected chi connectivity index (χ1v) is 13.3. The zero-order chi connectivity index (χ0) is 21.7. The molecule has 7 nitrogen and oxygen atoms in total. The van der Waals surface area contributed by atoms with Crippen LogP contribution in [0.1, 0.15) is 40.2 Å². The van der Waals surface area contributed by atoms with E-state index in [-0.39, 0.29) is 17.3 Å². The van der Waals surface area contributed by atoms with E-state index in [0.717, 1.165) is 30.2 Å².